The molecule has 2 aromatic carbocycles. The monoisotopic (exact) mass is 274 g/mol. The minimum Gasteiger partial charge on any atom is -0.493 e. The summed E-state index contributed by atoms with van der Waals surface area (Å²) in [4.78, 5) is 11.3. The quantitative estimate of drug-likeness (QED) is 0.787. The van der Waals surface area contributed by atoms with Crippen LogP contribution in [0.5, 0.6) is 5.75 Å². The molecule has 0 spiro atoms. The van der Waals surface area contributed by atoms with Crippen LogP contribution in [0, 0.1) is 0 Å². The van der Waals surface area contributed by atoms with E-state index in [0.717, 1.165) is 23.6 Å². The summed E-state index contributed by atoms with van der Waals surface area (Å²) in [6, 6.07) is 11.1. The number of unbranched alkanes of at least 4 members (excludes halogenated alkanes) is 1. The van der Waals surface area contributed by atoms with Crippen molar-refractivity contribution in [2.45, 2.75) is 12.8 Å². The number of carboxylic acid groups (broad SMARTS) is 1. The predicted molar refractivity (Wildman–Crippen MR) is 77.5 cm³/mol. The smallest absolute Gasteiger partial charge is 0.339 e. The van der Waals surface area contributed by atoms with Gasteiger partial charge in [-0.3, -0.25) is 0 Å². The maximum Gasteiger partial charge on any atom is 0.339 e. The van der Waals surface area contributed by atoms with Crippen LogP contribution in [0.25, 0.3) is 10.8 Å². The average Bonchev–Trinajstić information content (AvgIpc) is 2.46. The summed E-state index contributed by atoms with van der Waals surface area (Å²) in [7, 11) is 1.66. The minimum atomic E-state index is -0.970. The summed E-state index contributed by atoms with van der Waals surface area (Å²) in [5.41, 5.74) is 0.204. The van der Waals surface area contributed by atoms with Crippen LogP contribution in [0.15, 0.2) is 36.4 Å². The lowest BCUT2D eigenvalue weighted by Crippen LogP contribution is -2.05. The molecule has 0 radical (unpaired) electrons. The van der Waals surface area contributed by atoms with Crippen LogP contribution < -0.4 is 4.74 Å². The Morgan fingerprint density at radius 1 is 1.10 bits per heavy atom. The first-order chi connectivity index (χ1) is 9.72. The summed E-state index contributed by atoms with van der Waals surface area (Å²) in [6.45, 7) is 1.18. The largest absolute Gasteiger partial charge is 0.493 e. The Morgan fingerprint density at radius 3 is 2.40 bits per heavy atom. The molecule has 0 aliphatic heterocycles. The zero-order chi connectivity index (χ0) is 14.4. The molecule has 0 saturated heterocycles. The first-order valence-electron chi connectivity index (χ1n) is 6.60. The Balaban J connectivity index is 2.17. The number of hydrogen-bond donors (Lipinski definition) is 1. The predicted octanol–water partition coefficient (Wildman–Crippen LogP) is 3.34. The maximum absolute atomic E-state index is 11.3. The highest BCUT2D eigenvalue weighted by Crippen LogP contribution is 2.26. The van der Waals surface area contributed by atoms with Gasteiger partial charge in [0.1, 0.15) is 11.3 Å². The first-order valence-corrected chi connectivity index (χ1v) is 6.60. The zero-order valence-corrected chi connectivity index (χ0v) is 11.5. The van der Waals surface area contributed by atoms with E-state index < -0.39 is 5.97 Å². The van der Waals surface area contributed by atoms with E-state index in [1.807, 2.05) is 24.3 Å². The van der Waals surface area contributed by atoms with Crippen LogP contribution in [0.3, 0.4) is 0 Å². The number of benzene rings is 2. The first kappa shape index (κ1) is 14.3. The van der Waals surface area contributed by atoms with Gasteiger partial charge in [-0.2, -0.15) is 0 Å². The fourth-order valence-corrected chi connectivity index (χ4v) is 2.04. The number of carboxylic acids is 1. The molecule has 0 aliphatic rings. The lowest BCUT2D eigenvalue weighted by molar-refractivity contribution is 0.0692. The molecule has 0 heterocycles. The molecule has 20 heavy (non-hydrogen) atoms. The van der Waals surface area contributed by atoms with Gasteiger partial charge in [0.15, 0.2) is 0 Å². The van der Waals surface area contributed by atoms with Crippen molar-refractivity contribution in [1.82, 2.24) is 0 Å². The number of ether oxygens (including phenoxy) is 2. The van der Waals surface area contributed by atoms with Crippen LogP contribution in [-0.4, -0.2) is 31.4 Å². The van der Waals surface area contributed by atoms with Crippen molar-refractivity contribution in [1.29, 1.82) is 0 Å². The topological polar surface area (TPSA) is 55.8 Å². The third-order valence-electron chi connectivity index (χ3n) is 3.08. The van der Waals surface area contributed by atoms with E-state index in [9.17, 15) is 9.90 Å². The highest BCUT2D eigenvalue weighted by atomic mass is 16.5. The van der Waals surface area contributed by atoms with Crippen LogP contribution in [0.4, 0.5) is 0 Å². The zero-order valence-electron chi connectivity index (χ0n) is 11.5. The fourth-order valence-electron chi connectivity index (χ4n) is 2.04. The normalized spacial score (nSPS) is 10.7. The molecule has 106 valence electrons. The summed E-state index contributed by atoms with van der Waals surface area (Å²) in [6.07, 6.45) is 1.73. The van der Waals surface area contributed by atoms with Crippen LogP contribution in [0.1, 0.15) is 23.2 Å². The Kier molecular flexibility index (Phi) is 4.96. The Hall–Kier alpha value is -2.07. The van der Waals surface area contributed by atoms with Crippen molar-refractivity contribution in [3.63, 3.8) is 0 Å². The molecule has 4 heteroatoms. The standard InChI is InChI=1S/C16H18O4/c1-19-8-4-5-9-20-15-11-13-7-3-2-6-12(13)10-14(15)16(17)18/h2-3,6-7,10-11H,4-5,8-9H2,1H3,(H,17,18). The van der Waals surface area contributed by atoms with Gasteiger partial charge in [0, 0.05) is 13.7 Å². The second-order valence-electron chi connectivity index (χ2n) is 4.55. The highest BCUT2D eigenvalue weighted by molar-refractivity contribution is 5.97. The van der Waals surface area contributed by atoms with E-state index in [1.54, 1.807) is 19.2 Å². The van der Waals surface area contributed by atoms with E-state index >= 15 is 0 Å². The molecule has 0 saturated carbocycles. The fraction of sp³-hybridized carbons (Fsp3) is 0.312. The average molecular weight is 274 g/mol. The lowest BCUT2D eigenvalue weighted by Gasteiger charge is -2.10. The van der Waals surface area contributed by atoms with Gasteiger partial charge < -0.3 is 14.6 Å². The van der Waals surface area contributed by atoms with Gasteiger partial charge in [-0.15, -0.1) is 0 Å². The molecule has 2 rings (SSSR count). The van der Waals surface area contributed by atoms with Crippen molar-refractivity contribution in [3.8, 4) is 5.75 Å². The molecule has 0 amide bonds. The molecular weight excluding hydrogens is 256 g/mol. The minimum absolute atomic E-state index is 0.204. The number of methoxy groups -OCH3 is 1. The number of fused-ring (bicyclic) bond motifs is 1. The van der Waals surface area contributed by atoms with E-state index in [0.29, 0.717) is 19.0 Å². The van der Waals surface area contributed by atoms with Crippen molar-refractivity contribution < 1.29 is 19.4 Å². The second kappa shape index (κ2) is 6.91. The summed E-state index contributed by atoms with van der Waals surface area (Å²) in [5, 5.41) is 11.1. The van der Waals surface area contributed by atoms with E-state index in [4.69, 9.17) is 9.47 Å². The van der Waals surface area contributed by atoms with Crippen LogP contribution >= 0.6 is 0 Å². The third-order valence-corrected chi connectivity index (χ3v) is 3.08. The number of rotatable bonds is 7. The summed E-state index contributed by atoms with van der Waals surface area (Å²) < 4.78 is 10.6. The number of hydrogen-bond acceptors (Lipinski definition) is 3. The van der Waals surface area contributed by atoms with Gasteiger partial charge >= 0.3 is 5.97 Å². The lowest BCUT2D eigenvalue weighted by atomic mass is 10.1. The van der Waals surface area contributed by atoms with Crippen molar-refractivity contribution >= 4 is 16.7 Å². The Morgan fingerprint density at radius 2 is 1.75 bits per heavy atom. The molecule has 0 bridgehead atoms. The van der Waals surface area contributed by atoms with Gasteiger partial charge in [-0.05, 0) is 35.7 Å². The molecule has 1 N–H and O–H groups in total. The van der Waals surface area contributed by atoms with Gasteiger partial charge in [0.2, 0.25) is 0 Å². The summed E-state index contributed by atoms with van der Waals surface area (Å²) >= 11 is 0. The number of carbonyl (C=O) groups is 1. The van der Waals surface area contributed by atoms with E-state index in [-0.39, 0.29) is 5.56 Å². The maximum atomic E-state index is 11.3. The van der Waals surface area contributed by atoms with Crippen molar-refractivity contribution in [2.75, 3.05) is 20.3 Å². The van der Waals surface area contributed by atoms with Crippen molar-refractivity contribution in [3.05, 3.63) is 42.0 Å². The van der Waals surface area contributed by atoms with Gasteiger partial charge in [0.05, 0.1) is 6.61 Å². The SMILES string of the molecule is COCCCCOc1cc2ccccc2cc1C(=O)O. The highest BCUT2D eigenvalue weighted by Gasteiger charge is 2.12. The van der Waals surface area contributed by atoms with E-state index in [1.165, 1.54) is 0 Å². The van der Waals surface area contributed by atoms with Crippen LogP contribution in [0.2, 0.25) is 0 Å². The molecule has 0 aromatic heterocycles. The second-order valence-corrected chi connectivity index (χ2v) is 4.55. The number of aromatic carboxylic acids is 1. The molecule has 0 unspecified atom stereocenters. The molecular formula is C16H18O4. The van der Waals surface area contributed by atoms with Gasteiger partial charge in [-0.1, -0.05) is 24.3 Å². The van der Waals surface area contributed by atoms with Gasteiger partial charge in [-0.25, -0.2) is 4.79 Å². The summed E-state index contributed by atoms with van der Waals surface area (Å²) in [5.74, 6) is -0.545. The molecule has 0 aliphatic carbocycles. The molecule has 0 fully saturated rings. The Labute approximate surface area is 117 Å². The van der Waals surface area contributed by atoms with Crippen molar-refractivity contribution in [2.24, 2.45) is 0 Å². The molecule has 0 atom stereocenters. The Bertz CT molecular complexity index is 592. The van der Waals surface area contributed by atoms with Gasteiger partial charge in [0.25, 0.3) is 0 Å². The molecule has 2 aromatic rings. The molecule has 4 nitrogen and oxygen atoms in total. The van der Waals surface area contributed by atoms with E-state index in [2.05, 4.69) is 0 Å². The third kappa shape index (κ3) is 3.48. The van der Waals surface area contributed by atoms with Crippen LogP contribution in [-0.2, 0) is 4.74 Å².